The van der Waals surface area contributed by atoms with Gasteiger partial charge in [0.1, 0.15) is 5.75 Å². The highest BCUT2D eigenvalue weighted by atomic mass is 32.2. The first-order valence-corrected chi connectivity index (χ1v) is 9.70. The third-order valence-corrected chi connectivity index (χ3v) is 4.75. The summed E-state index contributed by atoms with van der Waals surface area (Å²) >= 11 is 1.33. The maximum Gasteiger partial charge on any atom is 0.233 e. The van der Waals surface area contributed by atoms with E-state index in [4.69, 9.17) is 4.74 Å². The second-order valence-electron chi connectivity index (χ2n) is 5.95. The highest BCUT2D eigenvalue weighted by Gasteiger charge is 2.13. The van der Waals surface area contributed by atoms with Gasteiger partial charge in [-0.2, -0.15) is 0 Å². The molecule has 0 aliphatic heterocycles. The van der Waals surface area contributed by atoms with Crippen molar-refractivity contribution in [2.24, 2.45) is 0 Å². The van der Waals surface area contributed by atoms with Crippen LogP contribution in [0.5, 0.6) is 5.75 Å². The van der Waals surface area contributed by atoms with Crippen molar-refractivity contribution in [2.45, 2.75) is 18.6 Å². The maximum atomic E-state index is 12.4. The van der Waals surface area contributed by atoms with Gasteiger partial charge in [-0.25, -0.2) is 4.98 Å². The van der Waals surface area contributed by atoms with Crippen LogP contribution in [0.15, 0.2) is 59.8 Å². The summed E-state index contributed by atoms with van der Waals surface area (Å²) in [5, 5.41) is 7.66. The maximum absolute atomic E-state index is 12.4. The standard InChI is InChI=1S/C20H22N4O2S/c1-3-26-17-11-9-15(10-12-17)13-24(2)18(25)14-27-20-21-19(22-23-20)16-7-5-4-6-8-16/h4-12H,3,13-14H2,1-2H3,(H,21,22,23). The predicted molar refractivity (Wildman–Crippen MR) is 107 cm³/mol. The average Bonchev–Trinajstić information content (AvgIpc) is 3.17. The number of carbonyl (C=O) groups is 1. The number of H-pyrrole nitrogens is 1. The van der Waals surface area contributed by atoms with E-state index in [1.54, 1.807) is 11.9 Å². The number of aromatic nitrogens is 3. The van der Waals surface area contributed by atoms with E-state index in [0.29, 0.717) is 29.9 Å². The van der Waals surface area contributed by atoms with E-state index >= 15 is 0 Å². The highest BCUT2D eigenvalue weighted by molar-refractivity contribution is 7.99. The van der Waals surface area contributed by atoms with Crippen molar-refractivity contribution in [1.82, 2.24) is 20.1 Å². The smallest absolute Gasteiger partial charge is 0.233 e. The summed E-state index contributed by atoms with van der Waals surface area (Å²) in [6.45, 7) is 3.15. The van der Waals surface area contributed by atoms with Crippen LogP contribution in [0, 0.1) is 0 Å². The molecular formula is C20H22N4O2S. The molecule has 0 atom stereocenters. The van der Waals surface area contributed by atoms with Crippen LogP contribution >= 0.6 is 11.8 Å². The molecule has 2 aromatic carbocycles. The Kier molecular flexibility index (Phi) is 6.49. The molecule has 0 bridgehead atoms. The molecule has 7 heteroatoms. The van der Waals surface area contributed by atoms with Crippen LogP contribution in [0.1, 0.15) is 12.5 Å². The molecule has 0 spiro atoms. The molecule has 1 heterocycles. The fraction of sp³-hybridized carbons (Fsp3) is 0.250. The summed E-state index contributed by atoms with van der Waals surface area (Å²) in [6, 6.07) is 17.6. The molecule has 3 aromatic rings. The number of aromatic amines is 1. The summed E-state index contributed by atoms with van der Waals surface area (Å²) in [6.07, 6.45) is 0. The SMILES string of the molecule is CCOc1ccc(CN(C)C(=O)CSc2n[nH]c(-c3ccccc3)n2)cc1. The first-order valence-electron chi connectivity index (χ1n) is 8.72. The zero-order valence-electron chi connectivity index (χ0n) is 15.4. The Hall–Kier alpha value is -2.80. The van der Waals surface area contributed by atoms with E-state index < -0.39 is 0 Å². The molecule has 6 nitrogen and oxygen atoms in total. The van der Waals surface area contributed by atoms with Gasteiger partial charge in [0.05, 0.1) is 12.4 Å². The Bertz CT molecular complexity index is 865. The summed E-state index contributed by atoms with van der Waals surface area (Å²) in [5.74, 6) is 1.86. The van der Waals surface area contributed by atoms with Gasteiger partial charge in [0.25, 0.3) is 0 Å². The van der Waals surface area contributed by atoms with Crippen LogP contribution in [0.4, 0.5) is 0 Å². The van der Waals surface area contributed by atoms with Gasteiger partial charge in [-0.15, -0.1) is 5.10 Å². The molecular weight excluding hydrogens is 360 g/mol. The number of carbonyl (C=O) groups excluding carboxylic acids is 1. The molecule has 0 unspecified atom stereocenters. The zero-order chi connectivity index (χ0) is 19.1. The molecule has 0 aliphatic carbocycles. The van der Waals surface area contributed by atoms with Crippen molar-refractivity contribution < 1.29 is 9.53 Å². The molecule has 3 rings (SSSR count). The molecule has 1 amide bonds. The summed E-state index contributed by atoms with van der Waals surface area (Å²) in [7, 11) is 1.80. The fourth-order valence-corrected chi connectivity index (χ4v) is 3.23. The van der Waals surface area contributed by atoms with Crippen LogP contribution in [-0.4, -0.2) is 45.4 Å². The lowest BCUT2D eigenvalue weighted by molar-refractivity contribution is -0.127. The summed E-state index contributed by atoms with van der Waals surface area (Å²) in [5.41, 5.74) is 2.03. The largest absolute Gasteiger partial charge is 0.494 e. The second-order valence-corrected chi connectivity index (χ2v) is 6.89. The number of thioether (sulfide) groups is 1. The molecule has 1 N–H and O–H groups in total. The number of rotatable bonds is 8. The summed E-state index contributed by atoms with van der Waals surface area (Å²) in [4.78, 5) is 18.5. The van der Waals surface area contributed by atoms with Crippen molar-refractivity contribution in [3.8, 4) is 17.1 Å². The van der Waals surface area contributed by atoms with E-state index in [9.17, 15) is 4.79 Å². The van der Waals surface area contributed by atoms with E-state index in [1.807, 2.05) is 61.5 Å². The van der Waals surface area contributed by atoms with Crippen LogP contribution < -0.4 is 4.74 Å². The Labute approximate surface area is 163 Å². The summed E-state index contributed by atoms with van der Waals surface area (Å²) < 4.78 is 5.43. The fourth-order valence-electron chi connectivity index (χ4n) is 2.49. The van der Waals surface area contributed by atoms with E-state index in [1.165, 1.54) is 11.8 Å². The molecule has 0 radical (unpaired) electrons. The minimum absolute atomic E-state index is 0.0277. The Morgan fingerprint density at radius 2 is 1.89 bits per heavy atom. The lowest BCUT2D eigenvalue weighted by Crippen LogP contribution is -2.27. The predicted octanol–water partition coefficient (Wildman–Crippen LogP) is 3.62. The van der Waals surface area contributed by atoms with Gasteiger partial charge in [-0.05, 0) is 24.6 Å². The van der Waals surface area contributed by atoms with Crippen molar-refractivity contribution in [3.63, 3.8) is 0 Å². The number of amides is 1. The van der Waals surface area contributed by atoms with Gasteiger partial charge >= 0.3 is 0 Å². The number of hydrogen-bond acceptors (Lipinski definition) is 5. The van der Waals surface area contributed by atoms with E-state index in [0.717, 1.165) is 16.9 Å². The number of ether oxygens (including phenoxy) is 1. The second kappa shape index (κ2) is 9.23. The Morgan fingerprint density at radius 3 is 2.59 bits per heavy atom. The normalized spacial score (nSPS) is 10.6. The minimum Gasteiger partial charge on any atom is -0.494 e. The molecule has 140 valence electrons. The molecule has 0 saturated heterocycles. The lowest BCUT2D eigenvalue weighted by Gasteiger charge is -2.17. The number of benzene rings is 2. The van der Waals surface area contributed by atoms with Crippen LogP contribution in [0.2, 0.25) is 0 Å². The zero-order valence-corrected chi connectivity index (χ0v) is 16.2. The Morgan fingerprint density at radius 1 is 1.15 bits per heavy atom. The van der Waals surface area contributed by atoms with Gasteiger partial charge in [-0.1, -0.05) is 54.2 Å². The van der Waals surface area contributed by atoms with Gasteiger partial charge in [0, 0.05) is 19.2 Å². The first kappa shape index (κ1) is 19.0. The number of nitrogens with one attached hydrogen (secondary N) is 1. The van der Waals surface area contributed by atoms with Crippen LogP contribution in [-0.2, 0) is 11.3 Å². The molecule has 0 fully saturated rings. The topological polar surface area (TPSA) is 71.1 Å². The first-order chi connectivity index (χ1) is 13.2. The molecule has 0 aliphatic rings. The van der Waals surface area contributed by atoms with Gasteiger partial charge in [0.2, 0.25) is 11.1 Å². The van der Waals surface area contributed by atoms with Crippen molar-refractivity contribution in [3.05, 3.63) is 60.2 Å². The monoisotopic (exact) mass is 382 g/mol. The molecule has 1 aromatic heterocycles. The number of hydrogen-bond donors (Lipinski definition) is 1. The van der Waals surface area contributed by atoms with Crippen molar-refractivity contribution >= 4 is 17.7 Å². The van der Waals surface area contributed by atoms with Crippen molar-refractivity contribution in [1.29, 1.82) is 0 Å². The minimum atomic E-state index is 0.0277. The van der Waals surface area contributed by atoms with Gasteiger partial charge in [0.15, 0.2) is 5.82 Å². The van der Waals surface area contributed by atoms with E-state index in [2.05, 4.69) is 15.2 Å². The Balaban J connectivity index is 1.50. The van der Waals surface area contributed by atoms with Crippen molar-refractivity contribution in [2.75, 3.05) is 19.4 Å². The van der Waals surface area contributed by atoms with Gasteiger partial charge < -0.3 is 9.64 Å². The van der Waals surface area contributed by atoms with Crippen LogP contribution in [0.25, 0.3) is 11.4 Å². The molecule has 27 heavy (non-hydrogen) atoms. The quantitative estimate of drug-likeness (QED) is 0.603. The van der Waals surface area contributed by atoms with Crippen LogP contribution in [0.3, 0.4) is 0 Å². The highest BCUT2D eigenvalue weighted by Crippen LogP contribution is 2.19. The van der Waals surface area contributed by atoms with E-state index in [-0.39, 0.29) is 5.91 Å². The number of nitrogens with zero attached hydrogens (tertiary/aromatic N) is 3. The lowest BCUT2D eigenvalue weighted by atomic mass is 10.2. The van der Waals surface area contributed by atoms with Gasteiger partial charge in [-0.3, -0.25) is 9.89 Å². The average molecular weight is 382 g/mol. The third kappa shape index (κ3) is 5.34. The molecule has 0 saturated carbocycles. The third-order valence-electron chi connectivity index (χ3n) is 3.92.